The number of rotatable bonds is 4. The Morgan fingerprint density at radius 1 is 1.53 bits per heavy atom. The third-order valence-electron chi connectivity index (χ3n) is 1.89. The Bertz CT molecular complexity index is 352. The van der Waals surface area contributed by atoms with Crippen molar-refractivity contribution in [3.8, 4) is 6.07 Å². The molecule has 80 valence electrons. The van der Waals surface area contributed by atoms with E-state index in [1.807, 2.05) is 18.9 Å². The summed E-state index contributed by atoms with van der Waals surface area (Å²) < 4.78 is 0. The van der Waals surface area contributed by atoms with Crippen molar-refractivity contribution in [3.05, 3.63) is 22.7 Å². The van der Waals surface area contributed by atoms with Gasteiger partial charge in [-0.15, -0.1) is 0 Å². The van der Waals surface area contributed by atoms with Gasteiger partial charge in [0.25, 0.3) is 0 Å². The Labute approximate surface area is 94.5 Å². The molecule has 0 saturated carbocycles. The average Bonchev–Trinajstić information content (AvgIpc) is 2.13. The first-order valence-corrected chi connectivity index (χ1v) is 5.05. The van der Waals surface area contributed by atoms with Crippen molar-refractivity contribution in [2.24, 2.45) is 0 Å². The fourth-order valence-corrected chi connectivity index (χ4v) is 1.48. The number of aromatic nitrogens is 2. The normalized spacial score (nSPS) is 10.3. The minimum Gasteiger partial charge on any atom is -0.298 e. The van der Waals surface area contributed by atoms with Gasteiger partial charge in [0.2, 0.25) is 0 Å². The van der Waals surface area contributed by atoms with Crippen LogP contribution in [0.5, 0.6) is 0 Å². The summed E-state index contributed by atoms with van der Waals surface area (Å²) in [6, 6.07) is 3.82. The van der Waals surface area contributed by atoms with E-state index in [2.05, 4.69) is 16.0 Å². The van der Waals surface area contributed by atoms with Crippen LogP contribution >= 0.6 is 11.6 Å². The van der Waals surface area contributed by atoms with Crippen LogP contribution in [0.25, 0.3) is 0 Å². The molecular weight excluding hydrogens is 212 g/mol. The second-order valence-corrected chi connectivity index (χ2v) is 3.78. The van der Waals surface area contributed by atoms with Gasteiger partial charge in [-0.25, -0.2) is 9.97 Å². The molecule has 0 N–H and O–H groups in total. The molecule has 1 heterocycles. The van der Waals surface area contributed by atoms with E-state index >= 15 is 0 Å². The van der Waals surface area contributed by atoms with E-state index < -0.39 is 0 Å². The molecule has 0 aromatic carbocycles. The predicted octanol–water partition coefficient (Wildman–Crippen LogP) is 1.78. The van der Waals surface area contributed by atoms with E-state index in [1.54, 1.807) is 6.07 Å². The van der Waals surface area contributed by atoms with E-state index in [0.29, 0.717) is 30.5 Å². The van der Waals surface area contributed by atoms with Crippen LogP contribution in [-0.2, 0) is 6.54 Å². The van der Waals surface area contributed by atoms with Crippen LogP contribution in [0.4, 0.5) is 0 Å². The van der Waals surface area contributed by atoms with Gasteiger partial charge in [0.15, 0.2) is 0 Å². The second-order valence-electron chi connectivity index (χ2n) is 3.39. The van der Waals surface area contributed by atoms with Crippen LogP contribution in [0.3, 0.4) is 0 Å². The highest BCUT2D eigenvalue weighted by Crippen LogP contribution is 2.07. The first-order chi connectivity index (χ1) is 7.11. The minimum absolute atomic E-state index is 0.464. The van der Waals surface area contributed by atoms with Crippen LogP contribution in [0.2, 0.25) is 5.15 Å². The van der Waals surface area contributed by atoms with E-state index in [0.717, 1.165) is 5.69 Å². The summed E-state index contributed by atoms with van der Waals surface area (Å²) in [5, 5.41) is 8.90. The molecule has 4 nitrogen and oxygen atoms in total. The number of nitriles is 1. The van der Waals surface area contributed by atoms with Crippen LogP contribution < -0.4 is 0 Å². The lowest BCUT2D eigenvalue weighted by atomic mass is 10.4. The summed E-state index contributed by atoms with van der Waals surface area (Å²) in [4.78, 5) is 10.4. The first-order valence-electron chi connectivity index (χ1n) is 4.67. The van der Waals surface area contributed by atoms with Gasteiger partial charge in [-0.3, -0.25) is 4.90 Å². The summed E-state index contributed by atoms with van der Waals surface area (Å²) in [6.45, 7) is 3.21. The molecule has 0 aliphatic rings. The van der Waals surface area contributed by atoms with E-state index in [1.165, 1.54) is 0 Å². The molecule has 1 aromatic heterocycles. The lowest BCUT2D eigenvalue weighted by molar-refractivity contribution is 0.326. The molecule has 0 spiro atoms. The molecule has 0 fully saturated rings. The van der Waals surface area contributed by atoms with Gasteiger partial charge in [-0.1, -0.05) is 11.6 Å². The Morgan fingerprint density at radius 3 is 2.87 bits per heavy atom. The maximum Gasteiger partial charge on any atom is 0.144 e. The van der Waals surface area contributed by atoms with Crippen LogP contribution in [0.15, 0.2) is 6.07 Å². The van der Waals surface area contributed by atoms with E-state index in [4.69, 9.17) is 16.9 Å². The standard InChI is InChI=1S/C10H13ClN4/c1-8-6-9(11)14-10(13-8)7-15(2)5-3-4-12/h6H,3,5,7H2,1-2H3. The van der Waals surface area contributed by atoms with Crippen molar-refractivity contribution in [1.29, 1.82) is 5.26 Å². The monoisotopic (exact) mass is 224 g/mol. The molecule has 5 heteroatoms. The highest BCUT2D eigenvalue weighted by Gasteiger charge is 2.04. The largest absolute Gasteiger partial charge is 0.298 e. The quantitative estimate of drug-likeness (QED) is 0.732. The van der Waals surface area contributed by atoms with Gasteiger partial charge >= 0.3 is 0 Å². The molecule has 1 aromatic rings. The molecule has 0 radical (unpaired) electrons. The molecular formula is C10H13ClN4. The minimum atomic E-state index is 0.464. The molecule has 0 atom stereocenters. The zero-order chi connectivity index (χ0) is 11.3. The highest BCUT2D eigenvalue weighted by atomic mass is 35.5. The third kappa shape index (κ3) is 4.24. The summed E-state index contributed by atoms with van der Waals surface area (Å²) in [6.07, 6.45) is 0.510. The Balaban J connectivity index is 2.60. The summed E-state index contributed by atoms with van der Waals surface area (Å²) >= 11 is 5.82. The van der Waals surface area contributed by atoms with Crippen molar-refractivity contribution in [1.82, 2.24) is 14.9 Å². The lowest BCUT2D eigenvalue weighted by Crippen LogP contribution is -2.20. The van der Waals surface area contributed by atoms with Crippen molar-refractivity contribution in [2.45, 2.75) is 19.9 Å². The summed E-state index contributed by atoms with van der Waals surface area (Å²) in [7, 11) is 1.93. The lowest BCUT2D eigenvalue weighted by Gasteiger charge is -2.13. The van der Waals surface area contributed by atoms with Gasteiger partial charge in [0.1, 0.15) is 11.0 Å². The van der Waals surface area contributed by atoms with Gasteiger partial charge in [0.05, 0.1) is 12.6 Å². The van der Waals surface area contributed by atoms with Gasteiger partial charge in [0, 0.05) is 18.7 Å². The summed E-state index contributed by atoms with van der Waals surface area (Å²) in [5.41, 5.74) is 0.860. The molecule has 0 aliphatic heterocycles. The second kappa shape index (κ2) is 5.64. The molecule has 0 unspecified atom stereocenters. The first kappa shape index (κ1) is 11.9. The molecule has 0 aliphatic carbocycles. The molecule has 0 saturated heterocycles. The number of aryl methyl sites for hydroxylation is 1. The van der Waals surface area contributed by atoms with Gasteiger partial charge in [-0.05, 0) is 20.0 Å². The zero-order valence-electron chi connectivity index (χ0n) is 8.87. The Kier molecular flexibility index (Phi) is 4.47. The average molecular weight is 225 g/mol. The maximum atomic E-state index is 8.44. The molecule has 1 rings (SSSR count). The number of halogens is 1. The smallest absolute Gasteiger partial charge is 0.144 e. The Morgan fingerprint density at radius 2 is 2.27 bits per heavy atom. The van der Waals surface area contributed by atoms with E-state index in [9.17, 15) is 0 Å². The van der Waals surface area contributed by atoms with Crippen LogP contribution in [-0.4, -0.2) is 28.5 Å². The van der Waals surface area contributed by atoms with Gasteiger partial charge < -0.3 is 0 Å². The van der Waals surface area contributed by atoms with Crippen molar-refractivity contribution in [3.63, 3.8) is 0 Å². The van der Waals surface area contributed by atoms with Crippen LogP contribution in [0, 0.1) is 18.3 Å². The SMILES string of the molecule is Cc1cc(Cl)nc(CN(C)CCC#N)n1. The van der Waals surface area contributed by atoms with Gasteiger partial charge in [-0.2, -0.15) is 5.26 Å². The molecule has 0 amide bonds. The number of hydrogen-bond donors (Lipinski definition) is 0. The van der Waals surface area contributed by atoms with E-state index in [-0.39, 0.29) is 0 Å². The highest BCUT2D eigenvalue weighted by molar-refractivity contribution is 6.29. The summed E-state index contributed by atoms with van der Waals surface area (Å²) in [5.74, 6) is 0.695. The van der Waals surface area contributed by atoms with Crippen molar-refractivity contribution < 1.29 is 0 Å². The zero-order valence-corrected chi connectivity index (χ0v) is 9.62. The topological polar surface area (TPSA) is 52.8 Å². The Hall–Kier alpha value is -1.18. The van der Waals surface area contributed by atoms with Crippen molar-refractivity contribution in [2.75, 3.05) is 13.6 Å². The fourth-order valence-electron chi connectivity index (χ4n) is 1.22. The number of nitrogens with zero attached hydrogens (tertiary/aromatic N) is 4. The predicted molar refractivity (Wildman–Crippen MR) is 58.3 cm³/mol. The molecule has 15 heavy (non-hydrogen) atoms. The van der Waals surface area contributed by atoms with Crippen LogP contribution in [0.1, 0.15) is 17.9 Å². The van der Waals surface area contributed by atoms with Crippen molar-refractivity contribution >= 4 is 11.6 Å². The third-order valence-corrected chi connectivity index (χ3v) is 2.08. The number of hydrogen-bond acceptors (Lipinski definition) is 4. The molecule has 0 bridgehead atoms. The fraction of sp³-hybridized carbons (Fsp3) is 0.500. The maximum absolute atomic E-state index is 8.44.